The summed E-state index contributed by atoms with van der Waals surface area (Å²) in [5.74, 6) is 0.623. The molecular weight excluding hydrogens is 455 g/mol. The molecule has 2 aliphatic rings. The SMILES string of the molecule is CCOc1cc(Cl)c(Cl)c2c1c(-c1cnn(C3CCCCO3)c1)c1n2CCN(C(=O)O)C1. The first kappa shape index (κ1) is 21.4. The van der Waals surface area contributed by atoms with E-state index >= 15 is 0 Å². The first-order valence-electron chi connectivity index (χ1n) is 10.8. The van der Waals surface area contributed by atoms with E-state index in [-0.39, 0.29) is 12.8 Å². The Bertz CT molecular complexity index is 1180. The molecule has 170 valence electrons. The molecular formula is C22H24Cl2N4O4. The van der Waals surface area contributed by atoms with Gasteiger partial charge in [0.25, 0.3) is 0 Å². The normalized spacial score (nSPS) is 18.7. The molecule has 0 aliphatic carbocycles. The zero-order valence-corrected chi connectivity index (χ0v) is 19.2. The fourth-order valence-electron chi connectivity index (χ4n) is 4.69. The highest BCUT2D eigenvalue weighted by Gasteiger charge is 2.31. The fraction of sp³-hybridized carbons (Fsp3) is 0.455. The van der Waals surface area contributed by atoms with Gasteiger partial charge < -0.3 is 24.0 Å². The molecule has 0 bridgehead atoms. The highest BCUT2D eigenvalue weighted by atomic mass is 35.5. The lowest BCUT2D eigenvalue weighted by Crippen LogP contribution is -2.37. The van der Waals surface area contributed by atoms with Crippen molar-refractivity contribution >= 4 is 40.2 Å². The maximum atomic E-state index is 11.7. The summed E-state index contributed by atoms with van der Waals surface area (Å²) in [5, 5.41) is 15.9. The van der Waals surface area contributed by atoms with Gasteiger partial charge in [-0.2, -0.15) is 5.10 Å². The average molecular weight is 479 g/mol. The van der Waals surface area contributed by atoms with Crippen LogP contribution in [0.15, 0.2) is 18.5 Å². The van der Waals surface area contributed by atoms with E-state index in [0.717, 1.165) is 53.6 Å². The van der Waals surface area contributed by atoms with Crippen molar-refractivity contribution in [1.29, 1.82) is 0 Å². The van der Waals surface area contributed by atoms with Gasteiger partial charge in [0.2, 0.25) is 0 Å². The number of nitrogens with zero attached hydrogens (tertiary/aromatic N) is 4. The van der Waals surface area contributed by atoms with Gasteiger partial charge in [0.1, 0.15) is 12.0 Å². The Morgan fingerprint density at radius 2 is 2.19 bits per heavy atom. The molecule has 32 heavy (non-hydrogen) atoms. The summed E-state index contributed by atoms with van der Waals surface area (Å²) in [7, 11) is 0. The summed E-state index contributed by atoms with van der Waals surface area (Å²) >= 11 is 13.1. The van der Waals surface area contributed by atoms with Crippen LogP contribution in [0.5, 0.6) is 5.75 Å². The van der Waals surface area contributed by atoms with Crippen molar-refractivity contribution in [1.82, 2.24) is 19.2 Å². The van der Waals surface area contributed by atoms with Crippen LogP contribution in [-0.4, -0.2) is 50.2 Å². The lowest BCUT2D eigenvalue weighted by atomic mass is 10.0. The third kappa shape index (κ3) is 3.50. The number of amides is 1. The quantitative estimate of drug-likeness (QED) is 0.542. The van der Waals surface area contributed by atoms with Crippen LogP contribution in [-0.2, 0) is 17.8 Å². The number of hydrogen-bond acceptors (Lipinski definition) is 4. The van der Waals surface area contributed by atoms with Crippen molar-refractivity contribution in [2.24, 2.45) is 0 Å². The van der Waals surface area contributed by atoms with Crippen molar-refractivity contribution in [2.45, 2.75) is 45.5 Å². The van der Waals surface area contributed by atoms with Crippen molar-refractivity contribution < 1.29 is 19.4 Å². The van der Waals surface area contributed by atoms with Gasteiger partial charge in [-0.3, -0.25) is 0 Å². The van der Waals surface area contributed by atoms with E-state index in [1.54, 1.807) is 12.3 Å². The minimum absolute atomic E-state index is 0.0953. The summed E-state index contributed by atoms with van der Waals surface area (Å²) in [4.78, 5) is 13.1. The van der Waals surface area contributed by atoms with Crippen LogP contribution in [0.2, 0.25) is 10.0 Å². The average Bonchev–Trinajstić information content (AvgIpc) is 3.40. The highest BCUT2D eigenvalue weighted by Crippen LogP contribution is 2.47. The Labute approximate surface area is 195 Å². The van der Waals surface area contributed by atoms with Crippen LogP contribution < -0.4 is 4.74 Å². The van der Waals surface area contributed by atoms with Crippen LogP contribution in [0.3, 0.4) is 0 Å². The van der Waals surface area contributed by atoms with E-state index in [2.05, 4.69) is 9.67 Å². The predicted octanol–water partition coefficient (Wildman–Crippen LogP) is 5.40. The van der Waals surface area contributed by atoms with Gasteiger partial charge in [-0.25, -0.2) is 9.48 Å². The Hall–Kier alpha value is -2.42. The molecule has 2 aliphatic heterocycles. The molecule has 0 radical (unpaired) electrons. The highest BCUT2D eigenvalue weighted by molar-refractivity contribution is 6.45. The van der Waals surface area contributed by atoms with E-state index in [1.165, 1.54) is 4.90 Å². The topological polar surface area (TPSA) is 81.8 Å². The van der Waals surface area contributed by atoms with Gasteiger partial charge in [0.15, 0.2) is 0 Å². The van der Waals surface area contributed by atoms with E-state index < -0.39 is 6.09 Å². The van der Waals surface area contributed by atoms with E-state index in [4.69, 9.17) is 32.7 Å². The summed E-state index contributed by atoms with van der Waals surface area (Å²) in [6.07, 6.45) is 5.78. The predicted molar refractivity (Wildman–Crippen MR) is 122 cm³/mol. The number of halogens is 2. The summed E-state index contributed by atoms with van der Waals surface area (Å²) < 4.78 is 15.8. The van der Waals surface area contributed by atoms with Gasteiger partial charge in [0, 0.05) is 48.8 Å². The standard InChI is InChI=1S/C22H24Cl2N4O4/c1-2-31-16-9-14(23)20(24)21-19(16)18(15-12-26(22(29)30)6-7-27(15)21)13-10-25-28(11-13)17-5-3-4-8-32-17/h9-11,17H,2-8,12H2,1H3,(H,29,30). The van der Waals surface area contributed by atoms with E-state index in [9.17, 15) is 9.90 Å². The molecule has 0 spiro atoms. The number of ether oxygens (including phenoxy) is 2. The first-order chi connectivity index (χ1) is 15.5. The summed E-state index contributed by atoms with van der Waals surface area (Å²) in [6.45, 7) is 4.18. The Balaban J connectivity index is 1.74. The second kappa shape index (κ2) is 8.50. The number of hydrogen-bond donors (Lipinski definition) is 1. The maximum Gasteiger partial charge on any atom is 0.407 e. The van der Waals surface area contributed by atoms with Gasteiger partial charge in [-0.05, 0) is 26.2 Å². The zero-order chi connectivity index (χ0) is 22.4. The van der Waals surface area contributed by atoms with Crippen molar-refractivity contribution in [3.8, 4) is 16.9 Å². The van der Waals surface area contributed by atoms with Gasteiger partial charge in [-0.15, -0.1) is 0 Å². The minimum Gasteiger partial charge on any atom is -0.493 e. The largest absolute Gasteiger partial charge is 0.493 e. The summed E-state index contributed by atoms with van der Waals surface area (Å²) in [6, 6.07) is 1.73. The smallest absolute Gasteiger partial charge is 0.407 e. The molecule has 3 aromatic rings. The monoisotopic (exact) mass is 478 g/mol. The molecule has 1 atom stereocenters. The Morgan fingerprint density at radius 3 is 2.91 bits per heavy atom. The first-order valence-corrected chi connectivity index (χ1v) is 11.5. The van der Waals surface area contributed by atoms with Gasteiger partial charge in [0.05, 0.1) is 40.3 Å². The Kier molecular flexibility index (Phi) is 5.69. The molecule has 1 amide bonds. The second-order valence-corrected chi connectivity index (χ2v) is 8.82. The van der Waals surface area contributed by atoms with Gasteiger partial charge >= 0.3 is 6.09 Å². The van der Waals surface area contributed by atoms with Crippen LogP contribution in [0.25, 0.3) is 22.0 Å². The molecule has 5 rings (SSSR count). The molecule has 10 heteroatoms. The molecule has 4 heterocycles. The fourth-order valence-corrected chi connectivity index (χ4v) is 5.13. The number of fused-ring (bicyclic) bond motifs is 3. The van der Waals surface area contributed by atoms with Crippen molar-refractivity contribution in [3.63, 3.8) is 0 Å². The number of aromatic nitrogens is 3. The van der Waals surface area contributed by atoms with Crippen LogP contribution in [0, 0.1) is 0 Å². The minimum atomic E-state index is -0.951. The molecule has 1 unspecified atom stereocenters. The Morgan fingerprint density at radius 1 is 1.34 bits per heavy atom. The molecule has 1 saturated heterocycles. The molecule has 1 fully saturated rings. The number of rotatable bonds is 4. The summed E-state index contributed by atoms with van der Waals surface area (Å²) in [5.41, 5.74) is 3.35. The van der Waals surface area contributed by atoms with Crippen molar-refractivity contribution in [3.05, 3.63) is 34.2 Å². The van der Waals surface area contributed by atoms with E-state index in [0.29, 0.717) is 35.5 Å². The third-order valence-electron chi connectivity index (χ3n) is 6.14. The second-order valence-electron chi connectivity index (χ2n) is 8.03. The third-order valence-corrected chi connectivity index (χ3v) is 6.92. The number of carboxylic acid groups (broad SMARTS) is 1. The lowest BCUT2D eigenvalue weighted by Gasteiger charge is -2.27. The van der Waals surface area contributed by atoms with Crippen LogP contribution in [0.1, 0.15) is 38.1 Å². The molecule has 1 N–H and O–H groups in total. The lowest BCUT2D eigenvalue weighted by molar-refractivity contribution is -0.0394. The van der Waals surface area contributed by atoms with Gasteiger partial charge in [-0.1, -0.05) is 23.2 Å². The molecule has 0 saturated carbocycles. The maximum absolute atomic E-state index is 11.7. The number of benzene rings is 1. The zero-order valence-electron chi connectivity index (χ0n) is 17.7. The van der Waals surface area contributed by atoms with Crippen molar-refractivity contribution in [2.75, 3.05) is 19.8 Å². The molecule has 8 nitrogen and oxygen atoms in total. The van der Waals surface area contributed by atoms with Crippen LogP contribution >= 0.6 is 23.2 Å². The number of carbonyl (C=O) groups is 1. The molecule has 1 aromatic carbocycles. The molecule has 2 aromatic heterocycles. The van der Waals surface area contributed by atoms with E-state index in [1.807, 2.05) is 17.8 Å². The van der Waals surface area contributed by atoms with Crippen LogP contribution in [0.4, 0.5) is 4.79 Å².